The molecule has 4 heteroatoms. The van der Waals surface area contributed by atoms with Gasteiger partial charge in [0.25, 0.3) is 0 Å². The van der Waals surface area contributed by atoms with Gasteiger partial charge in [0.1, 0.15) is 0 Å². The predicted molar refractivity (Wildman–Crippen MR) is 100 cm³/mol. The highest BCUT2D eigenvalue weighted by atomic mass is 16.5. The quantitative estimate of drug-likeness (QED) is 0.682. The van der Waals surface area contributed by atoms with E-state index in [1.165, 1.54) is 11.1 Å². The number of rotatable bonds is 4. The number of hydrogen-bond donors (Lipinski definition) is 1. The van der Waals surface area contributed by atoms with Gasteiger partial charge in [-0.25, -0.2) is 0 Å². The first-order chi connectivity index (χ1) is 11.7. The Hall–Kier alpha value is -1.81. The fraction of sp³-hybridized carbons (Fsp3) is 0.550. The minimum absolute atomic E-state index is 0.231. The Bertz CT molecular complexity index is 580. The molecule has 0 unspecified atom stereocenters. The van der Waals surface area contributed by atoms with Gasteiger partial charge < -0.3 is 15.0 Å². The van der Waals surface area contributed by atoms with Crippen molar-refractivity contribution in [2.24, 2.45) is 10.4 Å². The SMILES string of the molecule is CCNC(=NCC1(C)COC1)N1CCC(=Cc2ccccc2)CC1. The Morgan fingerprint density at radius 1 is 1.25 bits per heavy atom. The van der Waals surface area contributed by atoms with Crippen LogP contribution in [0.2, 0.25) is 0 Å². The van der Waals surface area contributed by atoms with E-state index in [9.17, 15) is 0 Å². The first-order valence-electron chi connectivity index (χ1n) is 9.04. The lowest BCUT2D eigenvalue weighted by Crippen LogP contribution is -2.47. The van der Waals surface area contributed by atoms with E-state index in [0.717, 1.165) is 58.2 Å². The zero-order valence-electron chi connectivity index (χ0n) is 14.9. The maximum atomic E-state index is 5.34. The van der Waals surface area contributed by atoms with Gasteiger partial charge >= 0.3 is 0 Å². The summed E-state index contributed by atoms with van der Waals surface area (Å²) in [6, 6.07) is 10.6. The van der Waals surface area contributed by atoms with E-state index in [2.05, 4.69) is 60.5 Å². The summed E-state index contributed by atoms with van der Waals surface area (Å²) in [4.78, 5) is 7.27. The monoisotopic (exact) mass is 327 g/mol. The van der Waals surface area contributed by atoms with Crippen molar-refractivity contribution in [3.63, 3.8) is 0 Å². The molecule has 1 aromatic carbocycles. The number of ether oxygens (including phenoxy) is 1. The summed E-state index contributed by atoms with van der Waals surface area (Å²) in [6.07, 6.45) is 4.56. The summed E-state index contributed by atoms with van der Waals surface area (Å²) in [5.74, 6) is 1.06. The molecule has 2 aliphatic heterocycles. The Morgan fingerprint density at radius 2 is 1.96 bits per heavy atom. The molecule has 0 atom stereocenters. The lowest BCUT2D eigenvalue weighted by atomic mass is 9.89. The van der Waals surface area contributed by atoms with Crippen LogP contribution in [0.3, 0.4) is 0 Å². The van der Waals surface area contributed by atoms with Crippen molar-refractivity contribution in [2.75, 3.05) is 39.4 Å². The summed E-state index contributed by atoms with van der Waals surface area (Å²) in [5, 5.41) is 3.45. The highest BCUT2D eigenvalue weighted by Gasteiger charge is 2.33. The molecule has 0 amide bonds. The molecule has 130 valence electrons. The maximum Gasteiger partial charge on any atom is 0.193 e. The Morgan fingerprint density at radius 3 is 2.54 bits per heavy atom. The number of likely N-dealkylation sites (tertiary alicyclic amines) is 1. The van der Waals surface area contributed by atoms with Gasteiger partial charge in [-0.3, -0.25) is 4.99 Å². The van der Waals surface area contributed by atoms with E-state index < -0.39 is 0 Å². The number of piperidine rings is 1. The van der Waals surface area contributed by atoms with E-state index in [1.54, 1.807) is 0 Å². The molecular weight excluding hydrogens is 298 g/mol. The first-order valence-corrected chi connectivity index (χ1v) is 9.04. The smallest absolute Gasteiger partial charge is 0.193 e. The summed E-state index contributed by atoms with van der Waals surface area (Å²) in [7, 11) is 0. The van der Waals surface area contributed by atoms with Gasteiger partial charge in [0.2, 0.25) is 0 Å². The highest BCUT2D eigenvalue weighted by Crippen LogP contribution is 2.27. The second kappa shape index (κ2) is 7.84. The molecule has 2 heterocycles. The average Bonchev–Trinajstić information content (AvgIpc) is 2.59. The molecule has 0 spiro atoms. The van der Waals surface area contributed by atoms with Gasteiger partial charge in [0.05, 0.1) is 19.8 Å². The second-order valence-electron chi connectivity index (χ2n) is 7.17. The van der Waals surface area contributed by atoms with Crippen LogP contribution in [0.1, 0.15) is 32.3 Å². The van der Waals surface area contributed by atoms with Crippen LogP contribution in [0, 0.1) is 5.41 Å². The van der Waals surface area contributed by atoms with Crippen LogP contribution >= 0.6 is 0 Å². The molecule has 2 saturated heterocycles. The normalized spacial score (nSPS) is 20.5. The summed E-state index contributed by atoms with van der Waals surface area (Å²) >= 11 is 0. The molecule has 2 aliphatic rings. The Kier molecular flexibility index (Phi) is 5.56. The molecule has 0 saturated carbocycles. The molecule has 0 bridgehead atoms. The van der Waals surface area contributed by atoms with E-state index in [-0.39, 0.29) is 5.41 Å². The molecule has 0 radical (unpaired) electrons. The highest BCUT2D eigenvalue weighted by molar-refractivity contribution is 5.80. The maximum absolute atomic E-state index is 5.34. The minimum atomic E-state index is 0.231. The van der Waals surface area contributed by atoms with Crippen LogP contribution in [-0.4, -0.2) is 50.3 Å². The van der Waals surface area contributed by atoms with Gasteiger partial charge in [0, 0.05) is 25.0 Å². The number of nitrogens with zero attached hydrogens (tertiary/aromatic N) is 2. The van der Waals surface area contributed by atoms with Crippen LogP contribution < -0.4 is 5.32 Å². The Balaban J connectivity index is 1.58. The predicted octanol–water partition coefficient (Wildman–Crippen LogP) is 3.17. The fourth-order valence-electron chi connectivity index (χ4n) is 3.17. The van der Waals surface area contributed by atoms with E-state index in [1.807, 2.05) is 0 Å². The Labute approximate surface area is 145 Å². The number of hydrogen-bond acceptors (Lipinski definition) is 2. The lowest BCUT2D eigenvalue weighted by Gasteiger charge is -2.37. The standard InChI is InChI=1S/C20H29N3O/c1-3-21-19(22-14-20(2)15-24-16-20)23-11-9-18(10-12-23)13-17-7-5-4-6-8-17/h4-8,13H,3,9-12,14-16H2,1-2H3,(H,21,22). The van der Waals surface area contributed by atoms with Crippen molar-refractivity contribution in [3.05, 3.63) is 41.5 Å². The van der Waals surface area contributed by atoms with Crippen molar-refractivity contribution >= 4 is 12.0 Å². The molecule has 24 heavy (non-hydrogen) atoms. The molecule has 0 aliphatic carbocycles. The van der Waals surface area contributed by atoms with E-state index in [0.29, 0.717) is 0 Å². The third kappa shape index (κ3) is 4.38. The summed E-state index contributed by atoms with van der Waals surface area (Å²) in [5.41, 5.74) is 3.07. The van der Waals surface area contributed by atoms with Crippen molar-refractivity contribution in [2.45, 2.75) is 26.7 Å². The van der Waals surface area contributed by atoms with Crippen molar-refractivity contribution < 1.29 is 4.74 Å². The topological polar surface area (TPSA) is 36.9 Å². The van der Waals surface area contributed by atoms with Gasteiger partial charge in [-0.05, 0) is 25.3 Å². The molecule has 0 aromatic heterocycles. The van der Waals surface area contributed by atoms with Crippen molar-refractivity contribution in [1.29, 1.82) is 0 Å². The second-order valence-corrected chi connectivity index (χ2v) is 7.17. The third-order valence-corrected chi connectivity index (χ3v) is 4.72. The number of benzene rings is 1. The number of guanidine groups is 1. The number of aliphatic imine (C=N–C) groups is 1. The average molecular weight is 327 g/mol. The molecule has 1 N–H and O–H groups in total. The van der Waals surface area contributed by atoms with E-state index >= 15 is 0 Å². The van der Waals surface area contributed by atoms with Crippen LogP contribution in [0.15, 0.2) is 40.9 Å². The lowest BCUT2D eigenvalue weighted by molar-refractivity contribution is -0.0946. The van der Waals surface area contributed by atoms with Gasteiger partial charge in [0.15, 0.2) is 5.96 Å². The van der Waals surface area contributed by atoms with E-state index in [4.69, 9.17) is 9.73 Å². The number of nitrogens with one attached hydrogen (secondary N) is 1. The molecule has 1 aromatic rings. The van der Waals surface area contributed by atoms with Gasteiger partial charge in [-0.15, -0.1) is 0 Å². The van der Waals surface area contributed by atoms with Crippen LogP contribution in [-0.2, 0) is 4.74 Å². The zero-order chi connectivity index (χ0) is 16.8. The van der Waals surface area contributed by atoms with Crippen LogP contribution in [0.25, 0.3) is 6.08 Å². The fourth-order valence-corrected chi connectivity index (χ4v) is 3.17. The van der Waals surface area contributed by atoms with Crippen LogP contribution in [0.5, 0.6) is 0 Å². The first kappa shape index (κ1) is 17.0. The zero-order valence-corrected chi connectivity index (χ0v) is 14.9. The van der Waals surface area contributed by atoms with Gasteiger partial charge in [-0.2, -0.15) is 0 Å². The molecule has 4 nitrogen and oxygen atoms in total. The molecule has 3 rings (SSSR count). The van der Waals surface area contributed by atoms with Crippen molar-refractivity contribution in [1.82, 2.24) is 10.2 Å². The summed E-state index contributed by atoms with van der Waals surface area (Å²) in [6.45, 7) is 9.89. The van der Waals surface area contributed by atoms with Crippen LogP contribution in [0.4, 0.5) is 0 Å². The summed E-state index contributed by atoms with van der Waals surface area (Å²) < 4.78 is 5.34. The third-order valence-electron chi connectivity index (χ3n) is 4.72. The molecular formula is C20H29N3O. The minimum Gasteiger partial charge on any atom is -0.380 e. The molecule has 2 fully saturated rings. The largest absolute Gasteiger partial charge is 0.380 e. The van der Waals surface area contributed by atoms with Crippen molar-refractivity contribution in [3.8, 4) is 0 Å². The van der Waals surface area contributed by atoms with Gasteiger partial charge in [-0.1, -0.05) is 48.9 Å².